The summed E-state index contributed by atoms with van der Waals surface area (Å²) in [4.78, 5) is 17.9. The molecule has 4 aliphatic rings. The number of sulfonamides is 1. The number of rotatable bonds is 9. The monoisotopic (exact) mass is 594 g/mol. The molecule has 1 aliphatic heterocycles. The second kappa shape index (κ2) is 9.43. The molecule has 1 heterocycles. The zero-order valence-electron chi connectivity index (χ0n) is 22.4. The van der Waals surface area contributed by atoms with Crippen molar-refractivity contribution in [2.24, 2.45) is 10.4 Å². The van der Waals surface area contributed by atoms with E-state index in [1.807, 2.05) is 13.8 Å². The van der Waals surface area contributed by atoms with Gasteiger partial charge in [-0.25, -0.2) is 12.8 Å². The van der Waals surface area contributed by atoms with Crippen molar-refractivity contribution in [3.05, 3.63) is 64.1 Å². The molecule has 0 spiro atoms. The number of hydrogen-bond acceptors (Lipinski definition) is 5. The lowest BCUT2D eigenvalue weighted by Crippen LogP contribution is -2.78. The van der Waals surface area contributed by atoms with Crippen molar-refractivity contribution in [3.8, 4) is 0 Å². The number of carbonyl (C=O) groups excluding carboxylic acids is 1. The van der Waals surface area contributed by atoms with Gasteiger partial charge < -0.3 is 10.6 Å². The Hall–Kier alpha value is -2.20. The Balaban J connectivity index is 1.39. The molecule has 0 radical (unpaired) electrons. The number of halogens is 3. The molecule has 0 aromatic heterocycles. The third-order valence-electron chi connectivity index (χ3n) is 7.99. The van der Waals surface area contributed by atoms with Crippen LogP contribution in [0.4, 0.5) is 4.39 Å². The van der Waals surface area contributed by atoms with Gasteiger partial charge in [-0.15, -0.1) is 0 Å². The van der Waals surface area contributed by atoms with Crippen LogP contribution in [-0.4, -0.2) is 53.8 Å². The number of aliphatic imine (C=N–C) groups is 1. The van der Waals surface area contributed by atoms with Gasteiger partial charge in [0.2, 0.25) is 15.9 Å². The van der Waals surface area contributed by atoms with E-state index in [1.165, 1.54) is 13.8 Å². The first kappa shape index (κ1) is 28.3. The van der Waals surface area contributed by atoms with E-state index in [0.717, 1.165) is 11.4 Å². The van der Waals surface area contributed by atoms with Crippen molar-refractivity contribution in [2.45, 2.75) is 81.2 Å². The van der Waals surface area contributed by atoms with Gasteiger partial charge in [-0.1, -0.05) is 47.5 Å². The molecule has 3 fully saturated rings. The lowest BCUT2D eigenvalue weighted by molar-refractivity contribution is -0.151. The minimum absolute atomic E-state index is 0.0987. The Morgan fingerprint density at radius 1 is 1.13 bits per heavy atom. The van der Waals surface area contributed by atoms with E-state index in [9.17, 15) is 17.6 Å². The molecule has 3 aliphatic carbocycles. The van der Waals surface area contributed by atoms with Gasteiger partial charge in [0, 0.05) is 17.5 Å². The maximum atomic E-state index is 14.0. The summed E-state index contributed by atoms with van der Waals surface area (Å²) >= 11 is 12.3. The normalized spacial score (nSPS) is 27.3. The molecular formula is C28H33Cl2FN4O3S. The second-order valence-electron chi connectivity index (χ2n) is 12.3. The van der Waals surface area contributed by atoms with Crippen LogP contribution in [0.5, 0.6) is 0 Å². The van der Waals surface area contributed by atoms with Crippen LogP contribution >= 0.6 is 23.2 Å². The number of nitrogens with one attached hydrogen (secondary N) is 2. The molecule has 6 rings (SSSR count). The van der Waals surface area contributed by atoms with Crippen molar-refractivity contribution in [1.82, 2.24) is 14.9 Å². The number of benzene rings is 2. The number of amidine groups is 1. The lowest BCUT2D eigenvalue weighted by atomic mass is 9.38. The van der Waals surface area contributed by atoms with E-state index < -0.39 is 32.8 Å². The van der Waals surface area contributed by atoms with Crippen LogP contribution in [0.3, 0.4) is 0 Å². The summed E-state index contributed by atoms with van der Waals surface area (Å²) in [7, 11) is -3.82. The molecule has 2 aromatic carbocycles. The molecule has 11 heteroatoms. The molecule has 3 saturated carbocycles. The van der Waals surface area contributed by atoms with Gasteiger partial charge in [-0.05, 0) is 76.8 Å². The maximum absolute atomic E-state index is 14.0. The summed E-state index contributed by atoms with van der Waals surface area (Å²) in [5.74, 6) is 0.392. The molecule has 2 bridgehead atoms. The van der Waals surface area contributed by atoms with Gasteiger partial charge in [-0.2, -0.15) is 4.31 Å². The van der Waals surface area contributed by atoms with Gasteiger partial charge in [0.05, 0.1) is 27.0 Å². The molecule has 2 aromatic rings. The number of amides is 1. The fourth-order valence-corrected chi connectivity index (χ4v) is 8.13. The number of hydrogen-bond donors (Lipinski definition) is 2. The van der Waals surface area contributed by atoms with Crippen LogP contribution < -0.4 is 10.6 Å². The summed E-state index contributed by atoms with van der Waals surface area (Å²) < 4.78 is 43.4. The first-order valence-corrected chi connectivity index (χ1v) is 15.1. The molecule has 1 atom stereocenters. The van der Waals surface area contributed by atoms with Crippen molar-refractivity contribution in [2.75, 3.05) is 6.54 Å². The number of nitrogens with zero attached hydrogens (tertiary/aromatic N) is 2. The fraction of sp³-hybridized carbons (Fsp3) is 0.500. The summed E-state index contributed by atoms with van der Waals surface area (Å²) in [6.45, 7) is 6.67. The maximum Gasteiger partial charge on any atom is 0.247 e. The highest BCUT2D eigenvalue weighted by molar-refractivity contribution is 7.89. The quantitative estimate of drug-likeness (QED) is 0.421. The van der Waals surface area contributed by atoms with Crippen LogP contribution in [0, 0.1) is 5.41 Å². The summed E-state index contributed by atoms with van der Waals surface area (Å²) in [5, 5.41) is 6.87. The highest BCUT2D eigenvalue weighted by Gasteiger charge is 2.75. The van der Waals surface area contributed by atoms with Crippen LogP contribution in [0.1, 0.15) is 52.5 Å². The minimum Gasteiger partial charge on any atom is -0.366 e. The largest absolute Gasteiger partial charge is 0.366 e. The molecule has 1 amide bonds. The summed E-state index contributed by atoms with van der Waals surface area (Å²) in [6.07, 6.45) is 1.75. The van der Waals surface area contributed by atoms with E-state index in [1.54, 1.807) is 52.8 Å². The minimum atomic E-state index is -3.82. The Bertz CT molecular complexity index is 1420. The fourth-order valence-electron chi connectivity index (χ4n) is 6.03. The SMILES string of the molecule is CC(C)(F)CNC(=O)[C@@H]1N=C(C23CC(N(Cc4ccc(Cl)c(Cl)c4)S(=O)(=O)c4ccccc4)(C2)C3)NC1(C)C. The first-order valence-electron chi connectivity index (χ1n) is 12.9. The zero-order chi connectivity index (χ0) is 28.4. The molecule has 210 valence electrons. The molecular weight excluding hydrogens is 562 g/mol. The molecule has 39 heavy (non-hydrogen) atoms. The summed E-state index contributed by atoms with van der Waals surface area (Å²) in [5.41, 5.74) is -2.34. The third kappa shape index (κ3) is 5.07. The Labute approximate surface area is 239 Å². The van der Waals surface area contributed by atoms with Gasteiger partial charge in [-0.3, -0.25) is 9.79 Å². The number of carbonyl (C=O) groups is 1. The van der Waals surface area contributed by atoms with E-state index in [2.05, 4.69) is 10.6 Å². The number of alkyl halides is 1. The average Bonchev–Trinajstić information content (AvgIpc) is 3.12. The standard InChI is InChI=1S/C28H33Cl2FN4O3S/c1-25(2,31)17-32-23(36)22-26(3,4)34-24(33-22)27-14-28(15-27,16-27)35(13-18-10-11-20(29)21(30)12-18)39(37,38)19-8-6-5-7-9-19/h5-12,22H,13-17H2,1-4H3,(H,32,36)(H,33,34)/t22-,27?,28?/m0/s1. The molecule has 7 nitrogen and oxygen atoms in total. The van der Waals surface area contributed by atoms with Gasteiger partial charge in [0.1, 0.15) is 11.5 Å². The summed E-state index contributed by atoms with van der Waals surface area (Å²) in [6, 6.07) is 12.9. The predicted molar refractivity (Wildman–Crippen MR) is 151 cm³/mol. The van der Waals surface area contributed by atoms with Crippen molar-refractivity contribution < 1.29 is 17.6 Å². The Morgan fingerprint density at radius 2 is 1.77 bits per heavy atom. The van der Waals surface area contributed by atoms with Crippen LogP contribution in [0.15, 0.2) is 58.4 Å². The highest BCUT2D eigenvalue weighted by atomic mass is 35.5. The second-order valence-corrected chi connectivity index (χ2v) is 14.9. The van der Waals surface area contributed by atoms with Crippen LogP contribution in [0.2, 0.25) is 10.0 Å². The Kier molecular flexibility index (Phi) is 6.85. The van der Waals surface area contributed by atoms with Gasteiger partial charge >= 0.3 is 0 Å². The van der Waals surface area contributed by atoms with Crippen molar-refractivity contribution in [1.29, 1.82) is 0 Å². The highest BCUT2D eigenvalue weighted by Crippen LogP contribution is 2.71. The zero-order valence-corrected chi connectivity index (χ0v) is 24.7. The topological polar surface area (TPSA) is 90.9 Å². The van der Waals surface area contributed by atoms with Crippen molar-refractivity contribution in [3.63, 3.8) is 0 Å². The predicted octanol–water partition coefficient (Wildman–Crippen LogP) is 5.12. The van der Waals surface area contributed by atoms with E-state index in [-0.39, 0.29) is 29.3 Å². The lowest BCUT2D eigenvalue weighted by Gasteiger charge is -2.73. The Morgan fingerprint density at radius 3 is 2.36 bits per heavy atom. The van der Waals surface area contributed by atoms with E-state index >= 15 is 0 Å². The van der Waals surface area contributed by atoms with Crippen molar-refractivity contribution >= 4 is 45.0 Å². The molecule has 0 unspecified atom stereocenters. The van der Waals surface area contributed by atoms with Crippen LogP contribution in [-0.2, 0) is 21.4 Å². The van der Waals surface area contributed by atoms with Gasteiger partial charge in [0.25, 0.3) is 0 Å². The van der Waals surface area contributed by atoms with E-state index in [4.69, 9.17) is 28.2 Å². The van der Waals surface area contributed by atoms with Gasteiger partial charge in [0.15, 0.2) is 6.04 Å². The average molecular weight is 596 g/mol. The van der Waals surface area contributed by atoms with Crippen LogP contribution in [0.25, 0.3) is 0 Å². The van der Waals surface area contributed by atoms with E-state index in [0.29, 0.717) is 29.3 Å². The first-order chi connectivity index (χ1) is 18.1. The molecule has 0 saturated heterocycles. The smallest absolute Gasteiger partial charge is 0.247 e. The third-order valence-corrected chi connectivity index (χ3v) is 10.7. The molecule has 2 N–H and O–H groups in total.